The third-order valence-electron chi connectivity index (χ3n) is 7.45. The Hall–Kier alpha value is -4.28. The van der Waals surface area contributed by atoms with Crippen LogP contribution in [-0.4, -0.2) is 9.97 Å². The molecule has 4 heteroatoms. The topological polar surface area (TPSA) is 80.8 Å². The molecular weight excluding hydrogens is 466 g/mol. The molecule has 1 aliphatic rings. The first kappa shape index (κ1) is 26.8. The van der Waals surface area contributed by atoms with Gasteiger partial charge in [0.05, 0.1) is 5.41 Å². The quantitative estimate of drug-likeness (QED) is 0.237. The van der Waals surface area contributed by atoms with Crippen molar-refractivity contribution in [1.82, 2.24) is 16.1 Å². The second kappa shape index (κ2) is 11.0. The van der Waals surface area contributed by atoms with Gasteiger partial charge in [0.15, 0.2) is 0 Å². The number of benzene rings is 3. The van der Waals surface area contributed by atoms with Crippen LogP contribution in [0, 0.1) is 6.92 Å². The number of H-pyrrole nitrogens is 1. The summed E-state index contributed by atoms with van der Waals surface area (Å²) in [5.74, 6) is 0. The predicted molar refractivity (Wildman–Crippen MR) is 164 cm³/mol. The van der Waals surface area contributed by atoms with Crippen molar-refractivity contribution >= 4 is 10.9 Å². The minimum atomic E-state index is -0.592. The minimum absolute atomic E-state index is 0. The van der Waals surface area contributed by atoms with Crippen LogP contribution in [0.1, 0.15) is 50.1 Å². The first-order valence-electron chi connectivity index (χ1n) is 13.0. The van der Waals surface area contributed by atoms with Crippen LogP contribution in [0.3, 0.4) is 0 Å². The summed E-state index contributed by atoms with van der Waals surface area (Å²) in [6.45, 7) is 10.5. The summed E-state index contributed by atoms with van der Waals surface area (Å²) < 4.78 is 0. The molecule has 4 N–H and O–H groups in total. The van der Waals surface area contributed by atoms with Gasteiger partial charge in [-0.1, -0.05) is 74.5 Å². The fourth-order valence-electron chi connectivity index (χ4n) is 5.55. The molecule has 0 saturated heterocycles. The number of pyridine rings is 2. The van der Waals surface area contributed by atoms with Gasteiger partial charge in [0, 0.05) is 32.2 Å². The lowest BCUT2D eigenvalue weighted by atomic mass is 9.69. The molecule has 0 spiro atoms. The van der Waals surface area contributed by atoms with Crippen molar-refractivity contribution in [2.75, 3.05) is 0 Å². The van der Waals surface area contributed by atoms with Gasteiger partial charge >= 0.3 is 0 Å². The molecule has 0 amide bonds. The Morgan fingerprint density at radius 1 is 0.921 bits per heavy atom. The Bertz CT molecular complexity index is 1660. The molecule has 0 saturated carbocycles. The van der Waals surface area contributed by atoms with Gasteiger partial charge in [-0.05, 0) is 82.5 Å². The third kappa shape index (κ3) is 4.48. The molecule has 1 aliphatic carbocycles. The van der Waals surface area contributed by atoms with Crippen LogP contribution < -0.4 is 11.7 Å². The summed E-state index contributed by atoms with van der Waals surface area (Å²) in [7, 11) is 0. The maximum atomic E-state index is 12.6. The zero-order chi connectivity index (χ0) is 26.0. The van der Waals surface area contributed by atoms with E-state index in [0.29, 0.717) is 0 Å². The van der Waals surface area contributed by atoms with Gasteiger partial charge in [-0.3, -0.25) is 9.78 Å². The first-order valence-corrected chi connectivity index (χ1v) is 13.0. The van der Waals surface area contributed by atoms with E-state index in [1.54, 1.807) is 12.3 Å². The largest absolute Gasteiger partial charge is 0.344 e. The number of allylic oxidation sites excluding steroid dienone is 1. The average molecular weight is 506 g/mol. The molecule has 6 bridgehead atoms. The van der Waals surface area contributed by atoms with Gasteiger partial charge in [-0.15, -0.1) is 6.58 Å². The van der Waals surface area contributed by atoms with Crippen LogP contribution in [0.2, 0.25) is 0 Å². The first-order chi connectivity index (χ1) is 18.1. The monoisotopic (exact) mass is 505 g/mol. The van der Waals surface area contributed by atoms with Crippen molar-refractivity contribution < 1.29 is 2.85 Å². The van der Waals surface area contributed by atoms with E-state index in [1.165, 1.54) is 16.7 Å². The summed E-state index contributed by atoms with van der Waals surface area (Å²) in [4.78, 5) is 20.1. The van der Waals surface area contributed by atoms with E-state index in [2.05, 4.69) is 84.1 Å². The number of nitrogens with one attached hydrogen (secondary N) is 1. The minimum Gasteiger partial charge on any atom is -0.344 e. The molecule has 0 fully saturated rings. The van der Waals surface area contributed by atoms with Crippen molar-refractivity contribution in [3.8, 4) is 11.1 Å². The molecule has 2 heterocycles. The highest BCUT2D eigenvalue weighted by Gasteiger charge is 2.34. The number of hydrogen-bond donors (Lipinski definition) is 2. The summed E-state index contributed by atoms with van der Waals surface area (Å²) in [6.07, 6.45) is 7.63. The average Bonchev–Trinajstić information content (AvgIpc) is 2.95. The maximum absolute atomic E-state index is 12.6. The Morgan fingerprint density at radius 3 is 2.47 bits per heavy atom. The summed E-state index contributed by atoms with van der Waals surface area (Å²) in [6, 6.07) is 27.5. The standard InChI is InChI=1S/C32H26N2O.C2H6.H3N.2H2/c1-3-32(27-8-5-15-33-20-27)25-12-9-21(2)23(17-25)11-10-22-6-4-7-24(16-22)28-19-31(35)34-30-14-13-26(32)18-29(28)30;1-2;;;/h3-9,12-20H,1,10-11H2,2H3,(H,34,35);1-2H3;1H3;2*1H. The number of fused-ring (bicyclic) bond motifs is 6. The zero-order valence-electron chi connectivity index (χ0n) is 22.4. The fraction of sp³-hybridized carbons (Fsp3) is 0.176. The highest BCUT2D eigenvalue weighted by molar-refractivity contribution is 5.95. The smallest absolute Gasteiger partial charge is 0.249 e. The molecule has 196 valence electrons. The molecule has 38 heavy (non-hydrogen) atoms. The Balaban J connectivity index is 0.00000110. The van der Waals surface area contributed by atoms with Crippen LogP contribution in [0.15, 0.2) is 109 Å². The highest BCUT2D eigenvalue weighted by Crippen LogP contribution is 2.42. The zero-order valence-corrected chi connectivity index (χ0v) is 22.4. The van der Waals surface area contributed by atoms with E-state index >= 15 is 0 Å². The Labute approximate surface area is 227 Å². The van der Waals surface area contributed by atoms with Crippen molar-refractivity contribution in [2.45, 2.75) is 39.0 Å². The van der Waals surface area contributed by atoms with Crippen molar-refractivity contribution in [1.29, 1.82) is 0 Å². The molecule has 2 aromatic heterocycles. The number of rotatable bonds is 2. The fourth-order valence-corrected chi connectivity index (χ4v) is 5.55. The summed E-state index contributed by atoms with van der Waals surface area (Å²) >= 11 is 0. The molecule has 6 rings (SSSR count). The number of aromatic amines is 1. The van der Waals surface area contributed by atoms with Gasteiger partial charge in [0.1, 0.15) is 0 Å². The lowest BCUT2D eigenvalue weighted by Crippen LogP contribution is -2.27. The van der Waals surface area contributed by atoms with E-state index in [9.17, 15) is 4.79 Å². The number of hydrogen-bond acceptors (Lipinski definition) is 3. The predicted octanol–water partition coefficient (Wildman–Crippen LogP) is 8.20. The van der Waals surface area contributed by atoms with Gasteiger partial charge < -0.3 is 11.1 Å². The lowest BCUT2D eigenvalue weighted by molar-refractivity contribution is 0.771. The summed E-state index contributed by atoms with van der Waals surface area (Å²) in [5, 5.41) is 1.01. The normalized spacial score (nSPS) is 15.7. The van der Waals surface area contributed by atoms with Crippen LogP contribution in [0.4, 0.5) is 0 Å². The van der Waals surface area contributed by atoms with E-state index < -0.39 is 5.41 Å². The van der Waals surface area contributed by atoms with E-state index in [0.717, 1.165) is 51.6 Å². The SMILES string of the molecule is C=CC1(c2cccnc2)c2ccc(C)c(c2)CCc2cccc(c2)-c2cc(=O)[nH]c3ccc1cc23.CC.N.[HH].[HH]. The lowest BCUT2D eigenvalue weighted by Gasteiger charge is -2.33. The van der Waals surface area contributed by atoms with Crippen molar-refractivity contribution in [3.05, 3.63) is 148 Å². The second-order valence-electron chi connectivity index (χ2n) is 9.40. The molecule has 0 radical (unpaired) electrons. The molecule has 5 aromatic rings. The van der Waals surface area contributed by atoms with E-state index in [-0.39, 0.29) is 14.6 Å². The number of aromatic nitrogens is 2. The molecule has 4 nitrogen and oxygen atoms in total. The van der Waals surface area contributed by atoms with E-state index in [4.69, 9.17) is 0 Å². The van der Waals surface area contributed by atoms with Crippen molar-refractivity contribution in [3.63, 3.8) is 0 Å². The van der Waals surface area contributed by atoms with Gasteiger partial charge in [0.2, 0.25) is 5.56 Å². The molecule has 1 atom stereocenters. The second-order valence-corrected chi connectivity index (χ2v) is 9.40. The van der Waals surface area contributed by atoms with Crippen LogP contribution >= 0.6 is 0 Å². The maximum Gasteiger partial charge on any atom is 0.249 e. The van der Waals surface area contributed by atoms with Gasteiger partial charge in [-0.25, -0.2) is 0 Å². The summed E-state index contributed by atoms with van der Waals surface area (Å²) in [5.41, 5.74) is 9.33. The molecule has 3 aromatic carbocycles. The van der Waals surface area contributed by atoms with Gasteiger partial charge in [0.25, 0.3) is 0 Å². The van der Waals surface area contributed by atoms with Crippen LogP contribution in [0.5, 0.6) is 0 Å². The number of aryl methyl sites for hydroxylation is 3. The molecular formula is C34H39N3O. The van der Waals surface area contributed by atoms with Crippen LogP contribution in [0.25, 0.3) is 22.0 Å². The number of nitrogens with zero attached hydrogens (tertiary/aromatic N) is 1. The Kier molecular flexibility index (Phi) is 7.75. The highest BCUT2D eigenvalue weighted by atomic mass is 16.1. The Morgan fingerprint density at radius 2 is 1.71 bits per heavy atom. The molecule has 1 unspecified atom stereocenters. The molecule has 0 aliphatic heterocycles. The third-order valence-corrected chi connectivity index (χ3v) is 7.45. The van der Waals surface area contributed by atoms with Crippen molar-refractivity contribution in [2.24, 2.45) is 0 Å². The van der Waals surface area contributed by atoms with Crippen LogP contribution in [-0.2, 0) is 18.3 Å². The van der Waals surface area contributed by atoms with Gasteiger partial charge in [-0.2, -0.15) is 0 Å². The van der Waals surface area contributed by atoms with E-state index in [1.807, 2.05) is 38.3 Å².